The summed E-state index contributed by atoms with van der Waals surface area (Å²) in [5, 5.41) is 3.48. The van der Waals surface area contributed by atoms with Crippen LogP contribution in [0.2, 0.25) is 0 Å². The lowest BCUT2D eigenvalue weighted by Gasteiger charge is -2.05. The Balaban J connectivity index is 2.79. The Kier molecular flexibility index (Phi) is 2.69. The van der Waals surface area contributed by atoms with Gasteiger partial charge >= 0.3 is 0 Å². The fourth-order valence-corrected chi connectivity index (χ4v) is 2.11. The van der Waals surface area contributed by atoms with Crippen molar-refractivity contribution in [3.8, 4) is 0 Å². The van der Waals surface area contributed by atoms with Gasteiger partial charge in [-0.15, -0.1) is 0 Å². The van der Waals surface area contributed by atoms with E-state index in [2.05, 4.69) is 58.9 Å². The minimum atomic E-state index is 0.884. The van der Waals surface area contributed by atoms with Gasteiger partial charge in [-0.1, -0.05) is 58.9 Å². The quantitative estimate of drug-likeness (QED) is 0.691. The topological polar surface area (TPSA) is 0 Å². The van der Waals surface area contributed by atoms with Gasteiger partial charge in [0.25, 0.3) is 0 Å². The predicted molar refractivity (Wildman–Crippen MR) is 66.7 cm³/mol. The molecule has 2 aromatic carbocycles. The zero-order valence-electron chi connectivity index (χ0n) is 7.83. The zero-order chi connectivity index (χ0) is 9.97. The largest absolute Gasteiger partial charge is 0.0985 e. The van der Waals surface area contributed by atoms with Crippen LogP contribution in [0.5, 0.6) is 0 Å². The van der Waals surface area contributed by atoms with Gasteiger partial charge in [-0.05, 0) is 28.0 Å². The van der Waals surface area contributed by atoms with Crippen molar-refractivity contribution in [3.05, 3.63) is 54.1 Å². The second-order valence-electron chi connectivity index (χ2n) is 3.24. The van der Waals surface area contributed by atoms with Gasteiger partial charge in [0, 0.05) is 5.33 Å². The summed E-state index contributed by atoms with van der Waals surface area (Å²) in [6, 6.07) is 12.8. The summed E-state index contributed by atoms with van der Waals surface area (Å²) in [5.41, 5.74) is 2.50. The number of fused-ring (bicyclic) bond motifs is 1. The van der Waals surface area contributed by atoms with Crippen molar-refractivity contribution in [1.29, 1.82) is 0 Å². The van der Waals surface area contributed by atoms with E-state index in [0.29, 0.717) is 0 Å². The Labute approximate surface area is 92.4 Å². The summed E-state index contributed by atoms with van der Waals surface area (Å²) < 4.78 is 0. The second kappa shape index (κ2) is 3.97. The summed E-state index contributed by atoms with van der Waals surface area (Å²) in [5.74, 6) is 0. The molecule has 0 N–H and O–H groups in total. The number of hydrogen-bond donors (Lipinski definition) is 0. The monoisotopic (exact) mass is 246 g/mol. The van der Waals surface area contributed by atoms with Gasteiger partial charge < -0.3 is 0 Å². The molecule has 0 spiro atoms. The van der Waals surface area contributed by atoms with Crippen molar-refractivity contribution < 1.29 is 0 Å². The smallest absolute Gasteiger partial charge is 0.0289 e. The van der Waals surface area contributed by atoms with Crippen molar-refractivity contribution in [3.63, 3.8) is 0 Å². The third-order valence-electron chi connectivity index (χ3n) is 2.35. The van der Waals surface area contributed by atoms with Crippen LogP contribution in [0.1, 0.15) is 11.1 Å². The Morgan fingerprint density at radius 3 is 2.71 bits per heavy atom. The maximum Gasteiger partial charge on any atom is 0.0289 e. The summed E-state index contributed by atoms with van der Waals surface area (Å²) >= 11 is 3.51. The molecule has 14 heavy (non-hydrogen) atoms. The lowest BCUT2D eigenvalue weighted by atomic mass is 10.0. The molecule has 0 nitrogen and oxygen atoms in total. The summed E-state index contributed by atoms with van der Waals surface area (Å²) in [7, 11) is 0. The molecular formula is C13H11Br. The van der Waals surface area contributed by atoms with Crippen LogP contribution in [0.15, 0.2) is 43.0 Å². The summed E-state index contributed by atoms with van der Waals surface area (Å²) in [6.45, 7) is 3.80. The van der Waals surface area contributed by atoms with E-state index in [1.807, 2.05) is 6.08 Å². The lowest BCUT2D eigenvalue weighted by molar-refractivity contribution is 1.48. The number of alkyl halides is 1. The number of benzene rings is 2. The van der Waals surface area contributed by atoms with Crippen LogP contribution in [0, 0.1) is 0 Å². The number of hydrogen-bond acceptors (Lipinski definition) is 0. The van der Waals surface area contributed by atoms with Crippen molar-refractivity contribution in [2.24, 2.45) is 0 Å². The third-order valence-corrected chi connectivity index (χ3v) is 2.95. The molecule has 2 aromatic rings. The van der Waals surface area contributed by atoms with E-state index in [9.17, 15) is 0 Å². The first-order valence-electron chi connectivity index (χ1n) is 4.55. The molecular weight excluding hydrogens is 236 g/mol. The minimum Gasteiger partial charge on any atom is -0.0985 e. The molecule has 2 rings (SSSR count). The van der Waals surface area contributed by atoms with E-state index in [-0.39, 0.29) is 0 Å². The molecule has 0 fully saturated rings. The first-order chi connectivity index (χ1) is 6.85. The highest BCUT2D eigenvalue weighted by molar-refractivity contribution is 9.08. The third kappa shape index (κ3) is 1.60. The molecule has 0 aliphatic heterocycles. The van der Waals surface area contributed by atoms with Crippen LogP contribution >= 0.6 is 15.9 Å². The Morgan fingerprint density at radius 1 is 1.21 bits per heavy atom. The van der Waals surface area contributed by atoms with Gasteiger partial charge in [-0.25, -0.2) is 0 Å². The van der Waals surface area contributed by atoms with E-state index in [1.54, 1.807) is 0 Å². The molecule has 0 saturated heterocycles. The van der Waals surface area contributed by atoms with E-state index < -0.39 is 0 Å². The van der Waals surface area contributed by atoms with Crippen LogP contribution in [-0.4, -0.2) is 0 Å². The first-order valence-corrected chi connectivity index (χ1v) is 5.67. The van der Waals surface area contributed by atoms with Crippen molar-refractivity contribution >= 4 is 32.8 Å². The molecule has 0 heterocycles. The Bertz CT molecular complexity index is 472. The highest BCUT2D eigenvalue weighted by Gasteiger charge is 2.00. The average molecular weight is 247 g/mol. The van der Waals surface area contributed by atoms with Gasteiger partial charge in [-0.3, -0.25) is 0 Å². The molecule has 0 aliphatic rings. The van der Waals surface area contributed by atoms with Gasteiger partial charge in [0.15, 0.2) is 0 Å². The SMILES string of the molecule is C=Cc1cc(CBr)c2ccccc2c1. The Hall–Kier alpha value is -1.08. The summed E-state index contributed by atoms with van der Waals surface area (Å²) in [4.78, 5) is 0. The van der Waals surface area contributed by atoms with Crippen LogP contribution in [0.4, 0.5) is 0 Å². The normalized spacial score (nSPS) is 10.4. The molecule has 0 bridgehead atoms. The summed E-state index contributed by atoms with van der Waals surface area (Å²) in [6.07, 6.45) is 1.89. The Morgan fingerprint density at radius 2 is 2.00 bits per heavy atom. The lowest BCUT2D eigenvalue weighted by Crippen LogP contribution is -1.83. The first kappa shape index (κ1) is 9.47. The number of halogens is 1. The van der Waals surface area contributed by atoms with E-state index in [4.69, 9.17) is 0 Å². The van der Waals surface area contributed by atoms with Gasteiger partial charge in [0.2, 0.25) is 0 Å². The van der Waals surface area contributed by atoms with Crippen LogP contribution in [0.25, 0.3) is 16.8 Å². The van der Waals surface area contributed by atoms with Crippen molar-refractivity contribution in [2.45, 2.75) is 5.33 Å². The maximum atomic E-state index is 3.80. The van der Waals surface area contributed by atoms with Gasteiger partial charge in [-0.2, -0.15) is 0 Å². The average Bonchev–Trinajstić information content (AvgIpc) is 2.27. The van der Waals surface area contributed by atoms with E-state index in [1.165, 1.54) is 21.9 Å². The molecule has 0 atom stereocenters. The van der Waals surface area contributed by atoms with Gasteiger partial charge in [0.1, 0.15) is 0 Å². The molecule has 1 heteroatoms. The number of rotatable bonds is 2. The fraction of sp³-hybridized carbons (Fsp3) is 0.0769. The van der Waals surface area contributed by atoms with E-state index >= 15 is 0 Å². The van der Waals surface area contributed by atoms with Crippen molar-refractivity contribution in [2.75, 3.05) is 0 Å². The molecule has 0 aromatic heterocycles. The fourth-order valence-electron chi connectivity index (χ4n) is 1.64. The maximum absolute atomic E-state index is 3.80. The van der Waals surface area contributed by atoms with Crippen LogP contribution in [0.3, 0.4) is 0 Å². The molecule has 0 unspecified atom stereocenters. The predicted octanol–water partition coefficient (Wildman–Crippen LogP) is 4.38. The van der Waals surface area contributed by atoms with Crippen LogP contribution in [-0.2, 0) is 5.33 Å². The van der Waals surface area contributed by atoms with Crippen LogP contribution < -0.4 is 0 Å². The highest BCUT2D eigenvalue weighted by Crippen LogP contribution is 2.23. The second-order valence-corrected chi connectivity index (χ2v) is 3.80. The van der Waals surface area contributed by atoms with Crippen molar-refractivity contribution in [1.82, 2.24) is 0 Å². The minimum absolute atomic E-state index is 0.884. The zero-order valence-corrected chi connectivity index (χ0v) is 9.42. The molecule has 0 saturated carbocycles. The van der Waals surface area contributed by atoms with E-state index in [0.717, 1.165) is 5.33 Å². The van der Waals surface area contributed by atoms with Gasteiger partial charge in [0.05, 0.1) is 0 Å². The highest BCUT2D eigenvalue weighted by atomic mass is 79.9. The molecule has 0 aliphatic carbocycles. The standard InChI is InChI=1S/C13H11Br/c1-2-10-7-11-5-3-4-6-13(11)12(8-10)9-14/h2-8H,1,9H2. The molecule has 0 radical (unpaired) electrons. The molecule has 0 amide bonds. The molecule has 70 valence electrons.